The van der Waals surface area contributed by atoms with Crippen LogP contribution in [0.4, 0.5) is 11.4 Å². The van der Waals surface area contributed by atoms with Gasteiger partial charge in [-0.3, -0.25) is 0 Å². The van der Waals surface area contributed by atoms with E-state index in [1.54, 1.807) is 0 Å². The lowest BCUT2D eigenvalue weighted by atomic mass is 9.77. The van der Waals surface area contributed by atoms with E-state index in [-0.39, 0.29) is 0 Å². The molecule has 1 aliphatic carbocycles. The Hall–Kier alpha value is -9.04. The Kier molecular flexibility index (Phi) is 8.49. The van der Waals surface area contributed by atoms with E-state index >= 15 is 0 Å². The van der Waals surface area contributed by atoms with Gasteiger partial charge in [-0.25, -0.2) is 0 Å². The van der Waals surface area contributed by atoms with Crippen molar-refractivity contribution in [3.05, 3.63) is 236 Å². The zero-order chi connectivity index (χ0) is 48.1. The number of allylic oxidation sites excluding steroid dienone is 4. The predicted molar refractivity (Wildman–Crippen MR) is 317 cm³/mol. The third kappa shape index (κ3) is 5.52. The van der Waals surface area contributed by atoms with Gasteiger partial charge in [0.05, 0.1) is 0 Å². The molecule has 0 heterocycles. The molecule has 0 N–H and O–H groups in total. The standard InChI is InChI=1S/C72H47N/c1-42-20-15-16-35-58(42)73(2)49-40-48-31-19-34-54-60(48)57(41-49)70-64(47-27-13-6-14-28-47)72-63(46-25-11-5-12-26-46)69-56-39-37-53-51-33-18-30-43-29-17-32-50(59(43)51)52-36-38-55(66(56)65(52)53)68(69)62(45-23-9-4-10-24-45)71(72)61(67(54)70)44-21-7-3-8-22-44/h3-13,15-27,29-41H,14,28H2,1-2H3. The van der Waals surface area contributed by atoms with E-state index < -0.39 is 0 Å². The number of aryl methyl sites for hydroxylation is 1. The molecule has 0 saturated carbocycles. The number of benzene rings is 13. The summed E-state index contributed by atoms with van der Waals surface area (Å²) in [5.74, 6) is 0. The minimum atomic E-state index is 0.949. The fraction of sp³-hybridized carbons (Fsp3) is 0.0556. The van der Waals surface area contributed by atoms with Gasteiger partial charge in [-0.05, 0) is 196 Å². The average molecular weight is 926 g/mol. The van der Waals surface area contributed by atoms with Gasteiger partial charge in [0.25, 0.3) is 0 Å². The van der Waals surface area contributed by atoms with Gasteiger partial charge in [0.15, 0.2) is 0 Å². The maximum absolute atomic E-state index is 2.51. The molecule has 0 fully saturated rings. The smallest absolute Gasteiger partial charge is 0.0437 e. The molecule has 0 radical (unpaired) electrons. The number of hydrogen-bond donors (Lipinski definition) is 0. The minimum Gasteiger partial charge on any atom is -0.344 e. The third-order valence-corrected chi connectivity index (χ3v) is 16.8. The number of para-hydroxylation sites is 1. The fourth-order valence-electron chi connectivity index (χ4n) is 13.9. The Bertz CT molecular complexity index is 4780. The summed E-state index contributed by atoms with van der Waals surface area (Å²) in [7, 11) is 2.23. The quantitative estimate of drug-likeness (QED) is 0.119. The van der Waals surface area contributed by atoms with E-state index in [9.17, 15) is 0 Å². The lowest BCUT2D eigenvalue weighted by Crippen LogP contribution is -2.10. The molecule has 73 heavy (non-hydrogen) atoms. The van der Waals surface area contributed by atoms with Crippen LogP contribution in [0.2, 0.25) is 0 Å². The first-order chi connectivity index (χ1) is 36.1. The van der Waals surface area contributed by atoms with Crippen molar-refractivity contribution in [1.29, 1.82) is 0 Å². The number of fused-ring (bicyclic) bond motifs is 9. The summed E-state index contributed by atoms with van der Waals surface area (Å²) in [5.41, 5.74) is 14.0. The number of anilines is 2. The van der Waals surface area contributed by atoms with Gasteiger partial charge >= 0.3 is 0 Å². The van der Waals surface area contributed by atoms with Crippen LogP contribution in [0.15, 0.2) is 224 Å². The van der Waals surface area contributed by atoms with E-state index in [0.717, 1.165) is 12.8 Å². The molecule has 1 nitrogen and oxygen atoms in total. The van der Waals surface area contributed by atoms with Crippen LogP contribution >= 0.6 is 0 Å². The second-order valence-corrected chi connectivity index (χ2v) is 20.5. The minimum absolute atomic E-state index is 0.949. The van der Waals surface area contributed by atoms with Crippen molar-refractivity contribution >= 4 is 125 Å². The summed E-state index contributed by atoms with van der Waals surface area (Å²) in [6, 6.07) is 78.4. The van der Waals surface area contributed by atoms with E-state index in [1.807, 2.05) is 0 Å². The lowest BCUT2D eigenvalue weighted by Gasteiger charge is -2.25. The summed E-state index contributed by atoms with van der Waals surface area (Å²) < 4.78 is 0. The molecule has 0 atom stereocenters. The zero-order valence-corrected chi connectivity index (χ0v) is 40.7. The van der Waals surface area contributed by atoms with Gasteiger partial charge in [-0.2, -0.15) is 0 Å². The number of hydrogen-bond acceptors (Lipinski definition) is 1. The van der Waals surface area contributed by atoms with Crippen LogP contribution in [0.5, 0.6) is 0 Å². The molecule has 0 amide bonds. The average Bonchev–Trinajstić information content (AvgIpc) is 4.03. The highest BCUT2D eigenvalue weighted by molar-refractivity contribution is 6.49. The Morgan fingerprint density at radius 3 is 1.36 bits per heavy atom. The van der Waals surface area contributed by atoms with Crippen molar-refractivity contribution in [2.45, 2.75) is 19.8 Å². The monoisotopic (exact) mass is 925 g/mol. The van der Waals surface area contributed by atoms with Crippen LogP contribution < -0.4 is 4.90 Å². The van der Waals surface area contributed by atoms with Crippen molar-refractivity contribution in [2.75, 3.05) is 11.9 Å². The molecule has 0 bridgehead atoms. The summed E-state index contributed by atoms with van der Waals surface area (Å²) in [4.78, 5) is 2.39. The second kappa shape index (κ2) is 15.2. The third-order valence-electron chi connectivity index (χ3n) is 16.8. The molecule has 1 aliphatic rings. The summed E-state index contributed by atoms with van der Waals surface area (Å²) >= 11 is 0. The molecule has 340 valence electrons. The molecular formula is C72H47N. The van der Waals surface area contributed by atoms with Crippen LogP contribution in [-0.4, -0.2) is 7.05 Å². The zero-order valence-electron chi connectivity index (χ0n) is 40.7. The second-order valence-electron chi connectivity index (χ2n) is 20.5. The van der Waals surface area contributed by atoms with Gasteiger partial charge in [0, 0.05) is 18.4 Å². The molecule has 0 saturated heterocycles. The molecule has 0 aliphatic heterocycles. The van der Waals surface area contributed by atoms with Gasteiger partial charge in [0.2, 0.25) is 0 Å². The van der Waals surface area contributed by atoms with E-state index in [1.165, 1.54) is 169 Å². The predicted octanol–water partition coefficient (Wildman–Crippen LogP) is 20.3. The number of rotatable bonds is 6. The van der Waals surface area contributed by atoms with Crippen LogP contribution in [0.25, 0.3) is 147 Å². The van der Waals surface area contributed by atoms with E-state index in [0.29, 0.717) is 0 Å². The molecule has 0 unspecified atom stereocenters. The molecule has 15 aromatic rings. The molecular weight excluding hydrogens is 879 g/mol. The van der Waals surface area contributed by atoms with Crippen molar-refractivity contribution in [3.8, 4) is 33.4 Å². The van der Waals surface area contributed by atoms with Crippen LogP contribution in [0.1, 0.15) is 24.0 Å². The highest BCUT2D eigenvalue weighted by Gasteiger charge is 2.33. The highest BCUT2D eigenvalue weighted by Crippen LogP contribution is 2.60. The normalized spacial score (nSPS) is 13.3. The molecule has 15 aromatic carbocycles. The van der Waals surface area contributed by atoms with Gasteiger partial charge in [0.1, 0.15) is 0 Å². The fourth-order valence-corrected chi connectivity index (χ4v) is 13.9. The van der Waals surface area contributed by atoms with Crippen molar-refractivity contribution in [1.82, 2.24) is 0 Å². The molecule has 16 rings (SSSR count). The van der Waals surface area contributed by atoms with Crippen LogP contribution in [0.3, 0.4) is 0 Å². The highest BCUT2D eigenvalue weighted by atomic mass is 15.1. The largest absolute Gasteiger partial charge is 0.344 e. The van der Waals surface area contributed by atoms with Gasteiger partial charge in [-0.15, -0.1) is 0 Å². The van der Waals surface area contributed by atoms with Crippen molar-refractivity contribution in [3.63, 3.8) is 0 Å². The Morgan fingerprint density at radius 1 is 0.342 bits per heavy atom. The molecule has 1 heteroatoms. The topological polar surface area (TPSA) is 3.24 Å². The molecule has 0 spiro atoms. The Labute approximate surface area is 423 Å². The van der Waals surface area contributed by atoms with E-state index in [4.69, 9.17) is 0 Å². The van der Waals surface area contributed by atoms with Crippen LogP contribution in [0, 0.1) is 6.92 Å². The summed E-state index contributed by atoms with van der Waals surface area (Å²) in [6.07, 6.45) is 9.03. The first-order valence-electron chi connectivity index (χ1n) is 25.9. The van der Waals surface area contributed by atoms with Crippen LogP contribution in [-0.2, 0) is 0 Å². The van der Waals surface area contributed by atoms with Crippen molar-refractivity contribution in [2.24, 2.45) is 0 Å². The SMILES string of the molecule is Cc1ccccc1N(C)c1cc2cccc3c4c(-c5ccccc5)c5c(-c6ccccc6)c6c7ccc8c9cccc%10cccc(c%11ccc(c6c(-c6ccccc6)c5c(C5=CC=CCC5)c4c(c1)c23)c7c%118)c%109. The van der Waals surface area contributed by atoms with Crippen molar-refractivity contribution < 1.29 is 0 Å². The first-order valence-corrected chi connectivity index (χ1v) is 25.9. The summed E-state index contributed by atoms with van der Waals surface area (Å²) in [6.45, 7) is 2.22. The lowest BCUT2D eigenvalue weighted by molar-refractivity contribution is 1.06. The maximum Gasteiger partial charge on any atom is 0.0437 e. The van der Waals surface area contributed by atoms with Gasteiger partial charge in [-0.1, -0.05) is 206 Å². The van der Waals surface area contributed by atoms with Gasteiger partial charge < -0.3 is 4.90 Å². The summed E-state index contributed by atoms with van der Waals surface area (Å²) in [5, 5.41) is 26.4. The number of nitrogens with zero attached hydrogens (tertiary/aromatic N) is 1. The first kappa shape index (κ1) is 40.7. The maximum atomic E-state index is 2.51. The van der Waals surface area contributed by atoms with E-state index in [2.05, 4.69) is 243 Å². The molecule has 0 aromatic heterocycles. The Morgan fingerprint density at radius 2 is 0.795 bits per heavy atom. The Balaban J connectivity index is 1.23.